The van der Waals surface area contributed by atoms with Crippen molar-refractivity contribution in [1.29, 1.82) is 0 Å². The summed E-state index contributed by atoms with van der Waals surface area (Å²) in [5.74, 6) is 4.33. The lowest BCUT2D eigenvalue weighted by Crippen LogP contribution is -2.66. The topological polar surface area (TPSA) is 0 Å². The summed E-state index contributed by atoms with van der Waals surface area (Å²) in [5.41, 5.74) is 1.44. The molecule has 0 spiro atoms. The molecule has 8 aliphatic carbocycles. The molecule has 0 aliphatic heterocycles. The van der Waals surface area contributed by atoms with Gasteiger partial charge in [-0.2, -0.15) is 0 Å². The normalized spacial score (nSPS) is 67.9. The van der Waals surface area contributed by atoms with Gasteiger partial charge in [0, 0.05) is 8.65 Å². The molecule has 0 N–H and O–H groups in total. The maximum atomic E-state index is 4.28. The fourth-order valence-electron chi connectivity index (χ4n) is 9.56. The molecular weight excluding hydrogens is 400 g/mol. The van der Waals surface area contributed by atoms with E-state index in [4.69, 9.17) is 0 Å². The highest BCUT2D eigenvalue weighted by Crippen LogP contribution is 2.78. The van der Waals surface area contributed by atoms with Crippen molar-refractivity contribution in [1.82, 2.24) is 0 Å². The SMILES string of the molecule is BrC12CC3CC(Br)(C1)CC(C14CC5CC(CC(C5)C1)C4)(C3)C2. The molecule has 8 rings (SSSR count). The summed E-state index contributed by atoms with van der Waals surface area (Å²) in [6.07, 6.45) is 18.5. The maximum absolute atomic E-state index is 4.28. The Kier molecular flexibility index (Phi) is 2.59. The minimum atomic E-state index is 0.485. The van der Waals surface area contributed by atoms with E-state index in [0.29, 0.717) is 14.1 Å². The van der Waals surface area contributed by atoms with Crippen LogP contribution in [0.1, 0.15) is 77.0 Å². The van der Waals surface area contributed by atoms with Gasteiger partial charge in [-0.1, -0.05) is 31.9 Å². The third kappa shape index (κ3) is 1.71. The van der Waals surface area contributed by atoms with Crippen molar-refractivity contribution in [2.45, 2.75) is 85.7 Å². The van der Waals surface area contributed by atoms with Gasteiger partial charge in [-0.15, -0.1) is 0 Å². The highest BCUT2D eigenvalue weighted by molar-refractivity contribution is 9.10. The molecule has 0 aromatic carbocycles. The lowest BCUT2D eigenvalue weighted by atomic mass is 9.35. The first-order chi connectivity index (χ1) is 10.4. The summed E-state index contributed by atoms with van der Waals surface area (Å²) in [5, 5.41) is 0. The lowest BCUT2D eigenvalue weighted by Gasteiger charge is -2.73. The van der Waals surface area contributed by atoms with E-state index in [9.17, 15) is 0 Å². The zero-order valence-electron chi connectivity index (χ0n) is 13.6. The Hall–Kier alpha value is 0.960. The van der Waals surface area contributed by atoms with Crippen molar-refractivity contribution in [2.24, 2.45) is 34.5 Å². The summed E-state index contributed by atoms with van der Waals surface area (Å²) >= 11 is 8.55. The minimum Gasteiger partial charge on any atom is -0.0852 e. The van der Waals surface area contributed by atoms with Crippen molar-refractivity contribution in [2.75, 3.05) is 0 Å². The molecule has 0 aromatic heterocycles. The molecular formula is C20H28Br2. The molecule has 8 bridgehead atoms. The van der Waals surface area contributed by atoms with E-state index < -0.39 is 0 Å². The molecule has 0 nitrogen and oxygen atoms in total. The fraction of sp³-hybridized carbons (Fsp3) is 1.00. The van der Waals surface area contributed by atoms with E-state index in [2.05, 4.69) is 31.9 Å². The Morgan fingerprint density at radius 1 is 0.500 bits per heavy atom. The molecule has 122 valence electrons. The van der Waals surface area contributed by atoms with Crippen LogP contribution < -0.4 is 0 Å². The highest BCUT2D eigenvalue weighted by Gasteiger charge is 2.69. The summed E-state index contributed by atoms with van der Waals surface area (Å²) in [7, 11) is 0. The Morgan fingerprint density at radius 3 is 1.41 bits per heavy atom. The molecule has 2 atom stereocenters. The second-order valence-electron chi connectivity index (χ2n) is 10.8. The molecule has 8 saturated carbocycles. The molecule has 0 heterocycles. The first-order valence-electron chi connectivity index (χ1n) is 9.77. The second kappa shape index (κ2) is 4.02. The minimum absolute atomic E-state index is 0.485. The number of hydrogen-bond acceptors (Lipinski definition) is 0. The van der Waals surface area contributed by atoms with E-state index in [1.54, 1.807) is 44.9 Å². The Balaban J connectivity index is 1.47. The zero-order valence-corrected chi connectivity index (χ0v) is 16.7. The Bertz CT molecular complexity index is 485. The van der Waals surface area contributed by atoms with Gasteiger partial charge in [0.05, 0.1) is 0 Å². The average molecular weight is 428 g/mol. The van der Waals surface area contributed by atoms with Gasteiger partial charge in [-0.3, -0.25) is 0 Å². The standard InChI is InChI=1S/C20H28Br2/c21-19-8-16-7-18(10-19,11-20(22,9-16)12-19)17-4-13-1-14(5-17)3-15(2-13)6-17/h13-16H,1-12H2. The van der Waals surface area contributed by atoms with Crippen molar-refractivity contribution < 1.29 is 0 Å². The fourth-order valence-corrected chi connectivity index (χ4v) is 13.0. The van der Waals surface area contributed by atoms with Crippen LogP contribution in [-0.4, -0.2) is 8.65 Å². The van der Waals surface area contributed by atoms with Gasteiger partial charge in [0.15, 0.2) is 0 Å². The van der Waals surface area contributed by atoms with Gasteiger partial charge in [0.1, 0.15) is 0 Å². The van der Waals surface area contributed by atoms with Crippen LogP contribution in [0.25, 0.3) is 0 Å². The third-order valence-corrected chi connectivity index (χ3v) is 10.9. The molecule has 0 aromatic rings. The third-order valence-electron chi connectivity index (χ3n) is 9.10. The van der Waals surface area contributed by atoms with Gasteiger partial charge < -0.3 is 0 Å². The van der Waals surface area contributed by atoms with Gasteiger partial charge in [-0.05, 0) is 112 Å². The molecule has 0 saturated heterocycles. The highest BCUT2D eigenvalue weighted by atomic mass is 79.9. The van der Waals surface area contributed by atoms with Gasteiger partial charge in [0.2, 0.25) is 0 Å². The van der Waals surface area contributed by atoms with Crippen LogP contribution in [0, 0.1) is 34.5 Å². The lowest BCUT2D eigenvalue weighted by molar-refractivity contribution is -0.186. The van der Waals surface area contributed by atoms with Crippen LogP contribution >= 0.6 is 31.9 Å². The monoisotopic (exact) mass is 426 g/mol. The number of halogens is 2. The first-order valence-corrected chi connectivity index (χ1v) is 11.4. The second-order valence-corrected chi connectivity index (χ2v) is 14.2. The van der Waals surface area contributed by atoms with Crippen molar-refractivity contribution in [3.05, 3.63) is 0 Å². The van der Waals surface area contributed by atoms with Gasteiger partial charge in [0.25, 0.3) is 0 Å². The van der Waals surface area contributed by atoms with Crippen LogP contribution in [0.15, 0.2) is 0 Å². The van der Waals surface area contributed by atoms with Crippen LogP contribution in [-0.2, 0) is 0 Å². The Morgan fingerprint density at radius 2 is 0.955 bits per heavy atom. The van der Waals surface area contributed by atoms with Gasteiger partial charge >= 0.3 is 0 Å². The summed E-state index contributed by atoms with van der Waals surface area (Å²) in [6.45, 7) is 0. The summed E-state index contributed by atoms with van der Waals surface area (Å²) in [6, 6.07) is 0. The van der Waals surface area contributed by atoms with E-state index in [1.165, 1.54) is 32.1 Å². The average Bonchev–Trinajstić information content (AvgIpc) is 2.31. The largest absolute Gasteiger partial charge is 0.0852 e. The van der Waals surface area contributed by atoms with Gasteiger partial charge in [-0.25, -0.2) is 0 Å². The summed E-state index contributed by atoms with van der Waals surface area (Å²) in [4.78, 5) is 0. The molecule has 8 fully saturated rings. The molecule has 2 heteroatoms. The molecule has 22 heavy (non-hydrogen) atoms. The van der Waals surface area contributed by atoms with Crippen LogP contribution in [0.2, 0.25) is 0 Å². The smallest absolute Gasteiger partial charge is 0.0279 e. The zero-order chi connectivity index (χ0) is 14.8. The van der Waals surface area contributed by atoms with Crippen LogP contribution in [0.5, 0.6) is 0 Å². The molecule has 0 radical (unpaired) electrons. The van der Waals surface area contributed by atoms with Crippen LogP contribution in [0.4, 0.5) is 0 Å². The maximum Gasteiger partial charge on any atom is 0.0279 e. The van der Waals surface area contributed by atoms with Crippen molar-refractivity contribution in [3.63, 3.8) is 0 Å². The van der Waals surface area contributed by atoms with E-state index >= 15 is 0 Å². The van der Waals surface area contributed by atoms with Crippen molar-refractivity contribution >= 4 is 31.9 Å². The van der Waals surface area contributed by atoms with E-state index in [1.807, 2.05) is 0 Å². The van der Waals surface area contributed by atoms with Crippen LogP contribution in [0.3, 0.4) is 0 Å². The molecule has 2 unspecified atom stereocenters. The number of hydrogen-bond donors (Lipinski definition) is 0. The number of rotatable bonds is 1. The predicted molar refractivity (Wildman–Crippen MR) is 97.5 cm³/mol. The molecule has 8 aliphatic rings. The van der Waals surface area contributed by atoms with E-state index in [0.717, 1.165) is 29.1 Å². The quantitative estimate of drug-likeness (QED) is 0.421. The molecule has 0 amide bonds. The van der Waals surface area contributed by atoms with Crippen molar-refractivity contribution in [3.8, 4) is 0 Å². The Labute approximate surface area is 151 Å². The predicted octanol–water partition coefficient (Wildman–Crippen LogP) is 6.45. The first kappa shape index (κ1) is 14.2. The van der Waals surface area contributed by atoms with E-state index in [-0.39, 0.29) is 0 Å². The summed E-state index contributed by atoms with van der Waals surface area (Å²) < 4.78 is 0.971. The number of alkyl halides is 2.